The topological polar surface area (TPSA) is 115 Å². The van der Waals surface area contributed by atoms with Gasteiger partial charge < -0.3 is 10.2 Å². The van der Waals surface area contributed by atoms with E-state index in [2.05, 4.69) is 37.6 Å². The first-order chi connectivity index (χ1) is 19.9. The number of carbonyl (C=O) groups is 4. The third-order valence-corrected chi connectivity index (χ3v) is 7.79. The van der Waals surface area contributed by atoms with Crippen LogP contribution in [0, 0.1) is 5.82 Å². The summed E-state index contributed by atoms with van der Waals surface area (Å²) in [4.78, 5) is 59.9. The van der Waals surface area contributed by atoms with Crippen LogP contribution in [0.15, 0.2) is 60.8 Å². The van der Waals surface area contributed by atoms with E-state index in [0.717, 1.165) is 49.0 Å². The van der Waals surface area contributed by atoms with Crippen molar-refractivity contribution >= 4 is 35.1 Å². The molecule has 2 fully saturated rings. The molecule has 3 aromatic rings. The van der Waals surface area contributed by atoms with Gasteiger partial charge in [-0.15, -0.1) is 0 Å². The zero-order valence-corrected chi connectivity index (χ0v) is 22.3. The van der Waals surface area contributed by atoms with Gasteiger partial charge in [0, 0.05) is 51.4 Å². The number of aromatic nitrogens is 1. The van der Waals surface area contributed by atoms with E-state index in [9.17, 15) is 23.6 Å². The van der Waals surface area contributed by atoms with Crippen LogP contribution in [0.25, 0.3) is 0 Å². The molecule has 0 aliphatic carbocycles. The molecule has 2 N–H and O–H groups in total. The number of fused-ring (bicyclic) bond motifs is 1. The summed E-state index contributed by atoms with van der Waals surface area (Å²) in [7, 11) is 0. The fraction of sp³-hybridized carbons (Fsp3) is 0.300. The largest absolute Gasteiger partial charge is 0.380 e. The fourth-order valence-corrected chi connectivity index (χ4v) is 5.57. The predicted molar refractivity (Wildman–Crippen MR) is 149 cm³/mol. The lowest BCUT2D eigenvalue weighted by Gasteiger charge is -2.35. The van der Waals surface area contributed by atoms with E-state index in [-0.39, 0.29) is 29.8 Å². The maximum Gasteiger partial charge on any atom is 0.264 e. The highest BCUT2D eigenvalue weighted by Gasteiger charge is 2.45. The quantitative estimate of drug-likeness (QED) is 0.427. The number of halogens is 1. The minimum Gasteiger partial charge on any atom is -0.380 e. The van der Waals surface area contributed by atoms with E-state index in [1.165, 1.54) is 17.8 Å². The number of nitrogens with zero attached hydrogens (tertiary/aromatic N) is 4. The van der Waals surface area contributed by atoms with Crippen molar-refractivity contribution in [1.82, 2.24) is 20.1 Å². The lowest BCUT2D eigenvalue weighted by molar-refractivity contribution is -0.136. The number of hydrogen-bond donors (Lipinski definition) is 2. The summed E-state index contributed by atoms with van der Waals surface area (Å²) in [6.07, 6.45) is 1.44. The van der Waals surface area contributed by atoms with Crippen molar-refractivity contribution in [2.24, 2.45) is 0 Å². The highest BCUT2D eigenvalue weighted by Crippen LogP contribution is 2.32. The van der Waals surface area contributed by atoms with Crippen molar-refractivity contribution < 1.29 is 23.6 Å². The van der Waals surface area contributed by atoms with Crippen LogP contribution in [0.3, 0.4) is 0 Å². The van der Waals surface area contributed by atoms with Crippen LogP contribution in [-0.2, 0) is 22.7 Å². The fourth-order valence-electron chi connectivity index (χ4n) is 5.57. The van der Waals surface area contributed by atoms with Gasteiger partial charge >= 0.3 is 0 Å². The number of imide groups is 2. The van der Waals surface area contributed by atoms with Gasteiger partial charge in [-0.2, -0.15) is 0 Å². The van der Waals surface area contributed by atoms with Crippen LogP contribution >= 0.6 is 0 Å². The molecule has 2 saturated heterocycles. The third-order valence-electron chi connectivity index (χ3n) is 7.79. The number of anilines is 2. The SMILES string of the molecule is O=C1CCC(N2C(=O)c3cccc(NCc4ccc(CN5CCN(c6ccc(F)cn6)CC5)cc4)c3C2=O)C(=O)N1. The third kappa shape index (κ3) is 5.40. The van der Waals surface area contributed by atoms with E-state index < -0.39 is 29.7 Å². The molecule has 0 saturated carbocycles. The molecule has 11 heteroatoms. The summed E-state index contributed by atoms with van der Waals surface area (Å²) in [5, 5.41) is 5.50. The van der Waals surface area contributed by atoms with E-state index in [0.29, 0.717) is 12.2 Å². The molecule has 1 atom stereocenters. The van der Waals surface area contributed by atoms with E-state index >= 15 is 0 Å². The number of hydrogen-bond acceptors (Lipinski definition) is 8. The van der Waals surface area contributed by atoms with Gasteiger partial charge in [-0.05, 0) is 41.8 Å². The van der Waals surface area contributed by atoms with Gasteiger partial charge in [0.1, 0.15) is 17.7 Å². The lowest BCUT2D eigenvalue weighted by atomic mass is 10.0. The van der Waals surface area contributed by atoms with Gasteiger partial charge in [0.25, 0.3) is 11.8 Å². The summed E-state index contributed by atoms with van der Waals surface area (Å²) in [6.45, 7) is 4.67. The number of rotatable bonds is 7. The number of amides is 4. The summed E-state index contributed by atoms with van der Waals surface area (Å²) >= 11 is 0. The van der Waals surface area contributed by atoms with Gasteiger partial charge in [-0.1, -0.05) is 30.3 Å². The van der Waals surface area contributed by atoms with Crippen LogP contribution < -0.4 is 15.5 Å². The molecule has 0 radical (unpaired) electrons. The number of carbonyl (C=O) groups excluding carboxylic acids is 4. The Morgan fingerprint density at radius 3 is 2.37 bits per heavy atom. The molecule has 10 nitrogen and oxygen atoms in total. The molecule has 1 unspecified atom stereocenters. The van der Waals surface area contributed by atoms with Crippen LogP contribution in [0.2, 0.25) is 0 Å². The number of pyridine rings is 1. The number of piperazine rings is 1. The number of nitrogens with one attached hydrogen (secondary N) is 2. The smallest absolute Gasteiger partial charge is 0.264 e. The van der Waals surface area contributed by atoms with Crippen molar-refractivity contribution in [3.8, 4) is 0 Å². The summed E-state index contributed by atoms with van der Waals surface area (Å²) in [6, 6.07) is 15.4. The molecule has 4 heterocycles. The van der Waals surface area contributed by atoms with Crippen LogP contribution in [0.4, 0.5) is 15.9 Å². The van der Waals surface area contributed by atoms with Crippen LogP contribution in [-0.4, -0.2) is 70.6 Å². The van der Waals surface area contributed by atoms with E-state index in [1.54, 1.807) is 24.3 Å². The molecule has 41 heavy (non-hydrogen) atoms. The summed E-state index contributed by atoms with van der Waals surface area (Å²) in [5.74, 6) is -1.63. The average Bonchev–Trinajstić information content (AvgIpc) is 3.23. The van der Waals surface area contributed by atoms with Crippen LogP contribution in [0.5, 0.6) is 0 Å². The standard InChI is InChI=1S/C30H29FN6O4/c31-21-8-10-25(33-17-21)36-14-12-35(13-15-36)18-20-6-4-19(5-7-20)16-32-23-3-1-2-22-27(23)30(41)37(29(22)40)24-9-11-26(38)34-28(24)39/h1-8,10,17,24,32H,9,11-16,18H2,(H,34,38,39). The minimum atomic E-state index is -0.997. The number of benzene rings is 2. The van der Waals surface area contributed by atoms with Crippen molar-refractivity contribution in [3.63, 3.8) is 0 Å². The molecule has 3 aliphatic rings. The maximum atomic E-state index is 13.3. The van der Waals surface area contributed by atoms with E-state index in [1.807, 2.05) is 12.1 Å². The van der Waals surface area contributed by atoms with Crippen molar-refractivity contribution in [1.29, 1.82) is 0 Å². The second kappa shape index (κ2) is 11.1. The Morgan fingerprint density at radius 1 is 0.902 bits per heavy atom. The second-order valence-corrected chi connectivity index (χ2v) is 10.4. The van der Waals surface area contributed by atoms with Gasteiger partial charge in [0.2, 0.25) is 11.8 Å². The molecule has 1 aromatic heterocycles. The maximum absolute atomic E-state index is 13.3. The Labute approximate surface area is 236 Å². The average molecular weight is 557 g/mol. The van der Waals surface area contributed by atoms with Crippen LogP contribution in [0.1, 0.15) is 44.7 Å². The molecule has 0 spiro atoms. The lowest BCUT2D eigenvalue weighted by Crippen LogP contribution is -2.54. The summed E-state index contributed by atoms with van der Waals surface area (Å²) < 4.78 is 13.2. The second-order valence-electron chi connectivity index (χ2n) is 10.4. The first kappa shape index (κ1) is 26.6. The Balaban J connectivity index is 1.05. The van der Waals surface area contributed by atoms with E-state index in [4.69, 9.17) is 0 Å². The minimum absolute atomic E-state index is 0.0780. The Morgan fingerprint density at radius 2 is 1.66 bits per heavy atom. The summed E-state index contributed by atoms with van der Waals surface area (Å²) in [5.41, 5.74) is 3.21. The monoisotopic (exact) mass is 556 g/mol. The molecule has 4 amide bonds. The Kier molecular flexibility index (Phi) is 7.19. The van der Waals surface area contributed by atoms with Crippen molar-refractivity contribution in [2.75, 3.05) is 36.4 Å². The molecular formula is C30H29FN6O4. The predicted octanol–water partition coefficient (Wildman–Crippen LogP) is 2.56. The van der Waals surface area contributed by atoms with Gasteiger partial charge in [-0.25, -0.2) is 9.37 Å². The first-order valence-corrected chi connectivity index (χ1v) is 13.6. The Hall–Kier alpha value is -4.64. The molecule has 0 bridgehead atoms. The van der Waals surface area contributed by atoms with Crippen molar-refractivity contribution in [3.05, 3.63) is 88.9 Å². The number of piperidine rings is 1. The molecule has 210 valence electrons. The molecule has 6 rings (SSSR count). The van der Waals surface area contributed by atoms with Gasteiger partial charge in [0.05, 0.1) is 17.3 Å². The Bertz CT molecular complexity index is 1500. The first-order valence-electron chi connectivity index (χ1n) is 13.6. The highest BCUT2D eigenvalue weighted by atomic mass is 19.1. The zero-order chi connectivity index (χ0) is 28.5. The molecule has 3 aliphatic heterocycles. The van der Waals surface area contributed by atoms with Crippen molar-refractivity contribution in [2.45, 2.75) is 32.0 Å². The normalized spacial score (nSPS) is 19.4. The zero-order valence-electron chi connectivity index (χ0n) is 22.3. The molecular weight excluding hydrogens is 527 g/mol. The molecule has 2 aromatic carbocycles. The van der Waals surface area contributed by atoms with Gasteiger partial charge in [-0.3, -0.25) is 34.3 Å². The highest BCUT2D eigenvalue weighted by molar-refractivity contribution is 6.25. The van der Waals surface area contributed by atoms with Gasteiger partial charge in [0.15, 0.2) is 0 Å².